The fourth-order valence-corrected chi connectivity index (χ4v) is 3.28. The Labute approximate surface area is 121 Å². The molecule has 0 saturated carbocycles. The van der Waals surface area contributed by atoms with Gasteiger partial charge >= 0.3 is 0 Å². The van der Waals surface area contributed by atoms with Crippen molar-refractivity contribution in [3.8, 4) is 0 Å². The number of nitrogens with zero attached hydrogens (tertiary/aromatic N) is 1. The van der Waals surface area contributed by atoms with Gasteiger partial charge in [-0.05, 0) is 33.8 Å². The van der Waals surface area contributed by atoms with Gasteiger partial charge in [-0.15, -0.1) is 11.3 Å². The minimum atomic E-state index is -0.811. The van der Waals surface area contributed by atoms with E-state index in [1.807, 2.05) is 27.7 Å². The van der Waals surface area contributed by atoms with Crippen LogP contribution >= 0.6 is 11.3 Å². The molecule has 0 spiro atoms. The van der Waals surface area contributed by atoms with Crippen molar-refractivity contribution in [2.24, 2.45) is 0 Å². The van der Waals surface area contributed by atoms with Crippen molar-refractivity contribution in [3.05, 3.63) is 51.0 Å². The number of nitrogens with one attached hydrogen (secondary N) is 1. The molecule has 1 heterocycles. The number of thiazole rings is 1. The number of rotatable bonds is 4. The second-order valence-corrected chi connectivity index (χ2v) is 6.17. The van der Waals surface area contributed by atoms with Crippen molar-refractivity contribution in [1.29, 1.82) is 0 Å². The van der Waals surface area contributed by atoms with Crippen LogP contribution in [0, 0.1) is 25.5 Å². The molecule has 2 nitrogen and oxygen atoms in total. The lowest BCUT2D eigenvalue weighted by Gasteiger charge is -2.20. The highest BCUT2D eigenvalue weighted by atomic mass is 32.1. The van der Waals surface area contributed by atoms with Gasteiger partial charge in [-0.2, -0.15) is 0 Å². The Morgan fingerprint density at radius 1 is 1.15 bits per heavy atom. The zero-order chi connectivity index (χ0) is 14.9. The summed E-state index contributed by atoms with van der Waals surface area (Å²) in [6.07, 6.45) is 0. The molecule has 0 aliphatic rings. The van der Waals surface area contributed by atoms with E-state index in [1.165, 1.54) is 6.07 Å². The van der Waals surface area contributed by atoms with Gasteiger partial charge in [0.2, 0.25) is 0 Å². The van der Waals surface area contributed by atoms with E-state index >= 15 is 0 Å². The Balaban J connectivity index is 2.17. The molecule has 1 aromatic carbocycles. The van der Waals surface area contributed by atoms with Gasteiger partial charge in [0.15, 0.2) is 11.6 Å². The van der Waals surface area contributed by atoms with E-state index in [9.17, 15) is 8.78 Å². The first-order valence-corrected chi connectivity index (χ1v) is 7.35. The maximum absolute atomic E-state index is 13.8. The first-order valence-electron chi connectivity index (χ1n) is 6.54. The van der Waals surface area contributed by atoms with Crippen LogP contribution in [-0.2, 0) is 0 Å². The van der Waals surface area contributed by atoms with Crippen LogP contribution in [0.4, 0.5) is 8.78 Å². The third-order valence-electron chi connectivity index (χ3n) is 3.28. The molecule has 0 saturated heterocycles. The fraction of sp³-hybridized carbons (Fsp3) is 0.400. The summed E-state index contributed by atoms with van der Waals surface area (Å²) in [6.45, 7) is 7.76. The Bertz CT molecular complexity index is 610. The Kier molecular flexibility index (Phi) is 4.50. The van der Waals surface area contributed by atoms with Crippen LogP contribution in [0.25, 0.3) is 0 Å². The first kappa shape index (κ1) is 15.1. The SMILES string of the molecule is Cc1nc(C)c(C(C)NC(C)c2cccc(F)c2F)s1. The molecule has 1 aromatic heterocycles. The van der Waals surface area contributed by atoms with Crippen LogP contribution in [0.5, 0.6) is 0 Å². The molecular formula is C15H18F2N2S. The molecule has 108 valence electrons. The van der Waals surface area contributed by atoms with E-state index in [0.717, 1.165) is 21.6 Å². The second kappa shape index (κ2) is 5.97. The Hall–Kier alpha value is -1.33. The summed E-state index contributed by atoms with van der Waals surface area (Å²) in [6, 6.07) is 4.03. The summed E-state index contributed by atoms with van der Waals surface area (Å²) in [4.78, 5) is 5.52. The number of benzene rings is 1. The summed E-state index contributed by atoms with van der Waals surface area (Å²) < 4.78 is 27.0. The Morgan fingerprint density at radius 3 is 2.45 bits per heavy atom. The van der Waals surface area contributed by atoms with Gasteiger partial charge in [-0.25, -0.2) is 13.8 Å². The zero-order valence-corrected chi connectivity index (χ0v) is 12.8. The van der Waals surface area contributed by atoms with Crippen LogP contribution in [-0.4, -0.2) is 4.98 Å². The molecule has 5 heteroatoms. The van der Waals surface area contributed by atoms with Crippen molar-refractivity contribution in [2.75, 3.05) is 0 Å². The topological polar surface area (TPSA) is 24.9 Å². The van der Waals surface area contributed by atoms with Gasteiger partial charge in [-0.1, -0.05) is 12.1 Å². The first-order chi connectivity index (χ1) is 9.40. The van der Waals surface area contributed by atoms with E-state index in [1.54, 1.807) is 17.4 Å². The average molecular weight is 296 g/mol. The largest absolute Gasteiger partial charge is 0.303 e. The van der Waals surface area contributed by atoms with Gasteiger partial charge in [-0.3, -0.25) is 0 Å². The van der Waals surface area contributed by atoms with Crippen molar-refractivity contribution in [2.45, 2.75) is 39.8 Å². The summed E-state index contributed by atoms with van der Waals surface area (Å²) in [7, 11) is 0. The molecule has 0 fully saturated rings. The van der Waals surface area contributed by atoms with Gasteiger partial charge in [0.05, 0.1) is 10.7 Å². The van der Waals surface area contributed by atoms with Gasteiger partial charge in [0.25, 0.3) is 0 Å². The Morgan fingerprint density at radius 2 is 1.85 bits per heavy atom. The summed E-state index contributed by atoms with van der Waals surface area (Å²) in [5.41, 5.74) is 1.33. The third kappa shape index (κ3) is 3.04. The van der Waals surface area contributed by atoms with Crippen LogP contribution in [0.3, 0.4) is 0 Å². The molecule has 1 N–H and O–H groups in total. The fourth-order valence-electron chi connectivity index (χ4n) is 2.34. The van der Waals surface area contributed by atoms with Crippen molar-refractivity contribution in [3.63, 3.8) is 0 Å². The lowest BCUT2D eigenvalue weighted by atomic mass is 10.1. The number of hydrogen-bond donors (Lipinski definition) is 1. The molecule has 0 aliphatic heterocycles. The molecule has 0 amide bonds. The third-order valence-corrected chi connectivity index (χ3v) is 4.54. The van der Waals surface area contributed by atoms with Gasteiger partial charge in [0.1, 0.15) is 0 Å². The molecule has 2 unspecified atom stereocenters. The monoisotopic (exact) mass is 296 g/mol. The highest BCUT2D eigenvalue weighted by Gasteiger charge is 2.19. The minimum Gasteiger partial charge on any atom is -0.303 e. The highest BCUT2D eigenvalue weighted by molar-refractivity contribution is 7.11. The van der Waals surface area contributed by atoms with Crippen LogP contribution in [0.15, 0.2) is 18.2 Å². The standard InChI is InChI=1S/C15H18F2N2S/c1-8(12-6-5-7-13(16)14(12)17)18-9(2)15-10(3)19-11(4)20-15/h5-9,18H,1-4H3. The predicted octanol–water partition coefficient (Wildman–Crippen LogP) is 4.45. The molecular weight excluding hydrogens is 278 g/mol. The normalized spacial score (nSPS) is 14.3. The van der Waals surface area contributed by atoms with E-state index in [2.05, 4.69) is 10.3 Å². The maximum atomic E-state index is 13.8. The average Bonchev–Trinajstić information content (AvgIpc) is 2.71. The van der Waals surface area contributed by atoms with E-state index < -0.39 is 11.6 Å². The maximum Gasteiger partial charge on any atom is 0.163 e. The van der Waals surface area contributed by atoms with E-state index in [4.69, 9.17) is 0 Å². The van der Waals surface area contributed by atoms with E-state index in [0.29, 0.717) is 5.56 Å². The van der Waals surface area contributed by atoms with Gasteiger partial charge in [0, 0.05) is 22.5 Å². The van der Waals surface area contributed by atoms with Gasteiger partial charge < -0.3 is 5.32 Å². The smallest absolute Gasteiger partial charge is 0.163 e. The lowest BCUT2D eigenvalue weighted by Crippen LogP contribution is -2.23. The van der Waals surface area contributed by atoms with Crippen LogP contribution in [0.2, 0.25) is 0 Å². The molecule has 0 bridgehead atoms. The zero-order valence-electron chi connectivity index (χ0n) is 12.0. The summed E-state index contributed by atoms with van der Waals surface area (Å²) in [5.74, 6) is -1.59. The molecule has 2 rings (SSSR count). The van der Waals surface area contributed by atoms with Crippen molar-refractivity contribution >= 4 is 11.3 Å². The van der Waals surface area contributed by atoms with Crippen molar-refractivity contribution in [1.82, 2.24) is 10.3 Å². The van der Waals surface area contributed by atoms with Crippen LogP contribution < -0.4 is 5.32 Å². The lowest BCUT2D eigenvalue weighted by molar-refractivity contribution is 0.450. The second-order valence-electron chi connectivity index (χ2n) is 4.94. The number of halogens is 2. The van der Waals surface area contributed by atoms with E-state index in [-0.39, 0.29) is 12.1 Å². The summed E-state index contributed by atoms with van der Waals surface area (Å²) >= 11 is 1.63. The number of hydrogen-bond acceptors (Lipinski definition) is 3. The van der Waals surface area contributed by atoms with Crippen LogP contribution in [0.1, 0.15) is 47.1 Å². The quantitative estimate of drug-likeness (QED) is 0.901. The molecule has 0 aliphatic carbocycles. The summed E-state index contributed by atoms with van der Waals surface area (Å²) in [5, 5.41) is 4.31. The minimum absolute atomic E-state index is 0.0406. The highest BCUT2D eigenvalue weighted by Crippen LogP contribution is 2.27. The number of aromatic nitrogens is 1. The molecule has 20 heavy (non-hydrogen) atoms. The molecule has 2 aromatic rings. The van der Waals surface area contributed by atoms with Crippen molar-refractivity contribution < 1.29 is 8.78 Å². The molecule has 2 atom stereocenters. The predicted molar refractivity (Wildman–Crippen MR) is 77.9 cm³/mol. The molecule has 0 radical (unpaired) electrons. The number of aryl methyl sites for hydroxylation is 2.